The summed E-state index contributed by atoms with van der Waals surface area (Å²) in [6, 6.07) is 8.49. The van der Waals surface area contributed by atoms with E-state index in [1.54, 1.807) is 0 Å². The van der Waals surface area contributed by atoms with Crippen LogP contribution in [0.15, 0.2) is 24.3 Å². The van der Waals surface area contributed by atoms with Gasteiger partial charge in [-0.25, -0.2) is 0 Å². The van der Waals surface area contributed by atoms with Gasteiger partial charge in [0.2, 0.25) is 5.91 Å². The minimum atomic E-state index is -0.162. The topological polar surface area (TPSA) is 46.3 Å². The van der Waals surface area contributed by atoms with E-state index in [0.717, 1.165) is 26.1 Å². The van der Waals surface area contributed by atoms with E-state index in [9.17, 15) is 4.79 Å². The number of benzene rings is 1. The van der Waals surface area contributed by atoms with Crippen molar-refractivity contribution in [3.05, 3.63) is 33.4 Å². The summed E-state index contributed by atoms with van der Waals surface area (Å²) < 4.78 is 1.25. The van der Waals surface area contributed by atoms with Gasteiger partial charge >= 0.3 is 0 Å². The lowest BCUT2D eigenvalue weighted by Crippen LogP contribution is -2.27. The third-order valence-electron chi connectivity index (χ3n) is 2.99. The third-order valence-corrected chi connectivity index (χ3v) is 3.71. The number of hydrogen-bond acceptors (Lipinski definition) is 2. The molecule has 3 nitrogen and oxygen atoms in total. The van der Waals surface area contributed by atoms with Crippen molar-refractivity contribution in [3.63, 3.8) is 0 Å². The standard InChI is InChI=1S/C12H15IN2O/c13-11-3-1-9(2-4-11)7-15-6-5-10(8-15)12(14)16/h1-4,10H,5-8H2,(H2,14,16). The molecule has 2 rings (SSSR count). The molecule has 4 heteroatoms. The van der Waals surface area contributed by atoms with Gasteiger partial charge in [-0.3, -0.25) is 9.69 Å². The Bertz CT molecular complexity index is 377. The summed E-state index contributed by atoms with van der Waals surface area (Å²) in [4.78, 5) is 13.3. The van der Waals surface area contributed by atoms with Crippen LogP contribution in [-0.2, 0) is 11.3 Å². The van der Waals surface area contributed by atoms with Gasteiger partial charge < -0.3 is 5.73 Å². The largest absolute Gasteiger partial charge is 0.369 e. The Balaban J connectivity index is 1.92. The van der Waals surface area contributed by atoms with E-state index < -0.39 is 0 Å². The molecule has 1 amide bonds. The molecule has 0 spiro atoms. The summed E-state index contributed by atoms with van der Waals surface area (Å²) in [7, 11) is 0. The molecule has 1 aromatic carbocycles. The number of nitrogens with zero attached hydrogens (tertiary/aromatic N) is 1. The first-order valence-electron chi connectivity index (χ1n) is 5.41. The molecular weight excluding hydrogens is 315 g/mol. The van der Waals surface area contributed by atoms with Gasteiger partial charge in [0.25, 0.3) is 0 Å². The molecule has 0 aromatic heterocycles. The molecular formula is C12H15IN2O. The quantitative estimate of drug-likeness (QED) is 0.856. The number of carbonyl (C=O) groups is 1. The second kappa shape index (κ2) is 5.14. The first-order valence-corrected chi connectivity index (χ1v) is 6.49. The second-order valence-corrected chi connectivity index (χ2v) is 5.50. The van der Waals surface area contributed by atoms with Crippen LogP contribution in [0, 0.1) is 9.49 Å². The number of halogens is 1. The Morgan fingerprint density at radius 1 is 1.44 bits per heavy atom. The Hall–Kier alpha value is -0.620. The van der Waals surface area contributed by atoms with Gasteiger partial charge in [0.05, 0.1) is 5.92 Å². The van der Waals surface area contributed by atoms with Crippen LogP contribution in [0.3, 0.4) is 0 Å². The number of nitrogens with two attached hydrogens (primary N) is 1. The molecule has 1 aliphatic rings. The summed E-state index contributed by atoms with van der Waals surface area (Å²) in [5.41, 5.74) is 6.60. The maximum atomic E-state index is 11.0. The van der Waals surface area contributed by atoms with E-state index in [4.69, 9.17) is 5.73 Å². The van der Waals surface area contributed by atoms with Crippen molar-refractivity contribution in [1.82, 2.24) is 4.90 Å². The van der Waals surface area contributed by atoms with E-state index in [1.165, 1.54) is 9.13 Å². The summed E-state index contributed by atoms with van der Waals surface area (Å²) in [5.74, 6) is -0.117. The number of likely N-dealkylation sites (tertiary alicyclic amines) is 1. The first-order chi connectivity index (χ1) is 7.65. The molecule has 0 radical (unpaired) electrons. The van der Waals surface area contributed by atoms with Crippen molar-refractivity contribution in [2.45, 2.75) is 13.0 Å². The van der Waals surface area contributed by atoms with Crippen molar-refractivity contribution < 1.29 is 4.79 Å². The molecule has 1 unspecified atom stereocenters. The Kier molecular flexibility index (Phi) is 3.81. The number of carbonyl (C=O) groups excluding carboxylic acids is 1. The van der Waals surface area contributed by atoms with Gasteiger partial charge in [-0.1, -0.05) is 12.1 Å². The molecule has 2 N–H and O–H groups in total. The van der Waals surface area contributed by atoms with Crippen LogP contribution >= 0.6 is 22.6 Å². The Morgan fingerprint density at radius 3 is 2.69 bits per heavy atom. The van der Waals surface area contributed by atoms with Crippen LogP contribution in [0.4, 0.5) is 0 Å². The van der Waals surface area contributed by atoms with Crippen molar-refractivity contribution in [2.75, 3.05) is 13.1 Å². The number of hydrogen-bond donors (Lipinski definition) is 1. The van der Waals surface area contributed by atoms with Crippen molar-refractivity contribution in [3.8, 4) is 0 Å². The average Bonchev–Trinajstić information content (AvgIpc) is 2.70. The predicted octanol–water partition coefficient (Wildman–Crippen LogP) is 1.60. The fraction of sp³-hybridized carbons (Fsp3) is 0.417. The fourth-order valence-corrected chi connectivity index (χ4v) is 2.42. The number of amides is 1. The van der Waals surface area contributed by atoms with E-state index in [0.29, 0.717) is 0 Å². The fourth-order valence-electron chi connectivity index (χ4n) is 2.06. The summed E-state index contributed by atoms with van der Waals surface area (Å²) in [6.45, 7) is 2.70. The minimum Gasteiger partial charge on any atom is -0.369 e. The lowest BCUT2D eigenvalue weighted by atomic mass is 10.1. The zero-order valence-corrected chi connectivity index (χ0v) is 11.2. The molecule has 86 valence electrons. The molecule has 1 atom stereocenters. The zero-order valence-electron chi connectivity index (χ0n) is 9.03. The third kappa shape index (κ3) is 2.95. The maximum absolute atomic E-state index is 11.0. The van der Waals surface area contributed by atoms with Crippen LogP contribution in [-0.4, -0.2) is 23.9 Å². The Morgan fingerprint density at radius 2 is 2.12 bits per heavy atom. The summed E-state index contributed by atoms with van der Waals surface area (Å²) in [6.07, 6.45) is 0.902. The number of primary amides is 1. The normalized spacial score (nSPS) is 21.2. The van der Waals surface area contributed by atoms with E-state index >= 15 is 0 Å². The zero-order chi connectivity index (χ0) is 11.5. The van der Waals surface area contributed by atoms with Gasteiger partial charge in [-0.15, -0.1) is 0 Å². The Labute approximate surface area is 109 Å². The molecule has 1 heterocycles. The van der Waals surface area contributed by atoms with Crippen molar-refractivity contribution in [2.24, 2.45) is 11.7 Å². The van der Waals surface area contributed by atoms with E-state index in [1.807, 2.05) is 0 Å². The van der Waals surface area contributed by atoms with Crippen LogP contribution in [0.2, 0.25) is 0 Å². The van der Waals surface area contributed by atoms with Gasteiger partial charge in [0.15, 0.2) is 0 Å². The van der Waals surface area contributed by atoms with Gasteiger partial charge in [-0.05, 0) is 53.3 Å². The molecule has 0 aliphatic carbocycles. The lowest BCUT2D eigenvalue weighted by molar-refractivity contribution is -0.121. The highest BCUT2D eigenvalue weighted by Gasteiger charge is 2.26. The predicted molar refractivity (Wildman–Crippen MR) is 71.7 cm³/mol. The van der Waals surface area contributed by atoms with Crippen LogP contribution in [0.1, 0.15) is 12.0 Å². The van der Waals surface area contributed by atoms with Crippen LogP contribution in [0.25, 0.3) is 0 Å². The van der Waals surface area contributed by atoms with Crippen molar-refractivity contribution >= 4 is 28.5 Å². The van der Waals surface area contributed by atoms with Gasteiger partial charge in [-0.2, -0.15) is 0 Å². The highest BCUT2D eigenvalue weighted by atomic mass is 127. The minimum absolute atomic E-state index is 0.0452. The first kappa shape index (κ1) is 11.9. The van der Waals surface area contributed by atoms with E-state index in [2.05, 4.69) is 51.8 Å². The molecule has 1 aromatic rings. The highest BCUT2D eigenvalue weighted by Crippen LogP contribution is 2.18. The smallest absolute Gasteiger partial charge is 0.221 e. The summed E-state index contributed by atoms with van der Waals surface area (Å²) >= 11 is 2.30. The lowest BCUT2D eigenvalue weighted by Gasteiger charge is -2.15. The molecule has 1 aliphatic heterocycles. The second-order valence-electron chi connectivity index (χ2n) is 4.25. The average molecular weight is 330 g/mol. The van der Waals surface area contributed by atoms with Crippen molar-refractivity contribution in [1.29, 1.82) is 0 Å². The van der Waals surface area contributed by atoms with Gasteiger partial charge in [0.1, 0.15) is 0 Å². The SMILES string of the molecule is NC(=O)C1CCN(Cc2ccc(I)cc2)C1. The van der Waals surface area contributed by atoms with Crippen LogP contribution < -0.4 is 5.73 Å². The molecule has 1 fully saturated rings. The maximum Gasteiger partial charge on any atom is 0.221 e. The monoisotopic (exact) mass is 330 g/mol. The highest BCUT2D eigenvalue weighted by molar-refractivity contribution is 14.1. The number of rotatable bonds is 3. The molecule has 0 saturated carbocycles. The van der Waals surface area contributed by atoms with Gasteiger partial charge in [0, 0.05) is 16.7 Å². The molecule has 0 bridgehead atoms. The van der Waals surface area contributed by atoms with Crippen LogP contribution in [0.5, 0.6) is 0 Å². The molecule has 1 saturated heterocycles. The summed E-state index contributed by atoms with van der Waals surface area (Å²) in [5, 5.41) is 0. The van der Waals surface area contributed by atoms with E-state index in [-0.39, 0.29) is 11.8 Å². The molecule has 16 heavy (non-hydrogen) atoms.